The van der Waals surface area contributed by atoms with E-state index < -0.39 is 5.92 Å². The van der Waals surface area contributed by atoms with Gasteiger partial charge in [0.25, 0.3) is 5.92 Å². The third kappa shape index (κ3) is 4.58. The van der Waals surface area contributed by atoms with Crippen LogP contribution in [0.2, 0.25) is 0 Å². The average Bonchev–Trinajstić information content (AvgIpc) is 2.28. The van der Waals surface area contributed by atoms with E-state index in [1.54, 1.807) is 4.90 Å². The Bertz CT molecular complexity index is 249. The number of unbranched alkanes of at least 4 members (excludes halogenated alkanes) is 1. The van der Waals surface area contributed by atoms with Crippen LogP contribution in [0.4, 0.5) is 8.78 Å². The molecule has 0 bridgehead atoms. The van der Waals surface area contributed by atoms with Gasteiger partial charge in [-0.3, -0.25) is 4.79 Å². The largest absolute Gasteiger partial charge is 0.342 e. The molecule has 1 amide bonds. The minimum atomic E-state index is -2.58. The summed E-state index contributed by atoms with van der Waals surface area (Å²) in [6.07, 6.45) is 2.23. The first kappa shape index (κ1) is 14.4. The lowest BCUT2D eigenvalue weighted by atomic mass is 10.00. The van der Waals surface area contributed by atoms with Crippen LogP contribution in [0.5, 0.6) is 0 Å². The summed E-state index contributed by atoms with van der Waals surface area (Å²) >= 11 is 0. The number of alkyl halides is 2. The van der Waals surface area contributed by atoms with Crippen molar-refractivity contribution in [1.82, 2.24) is 4.90 Å². The highest BCUT2D eigenvalue weighted by atomic mass is 19.3. The molecular weight excluding hydrogens is 226 g/mol. The maximum atomic E-state index is 12.9. The van der Waals surface area contributed by atoms with Gasteiger partial charge in [-0.05, 0) is 19.4 Å². The second-order valence-corrected chi connectivity index (χ2v) is 4.87. The summed E-state index contributed by atoms with van der Waals surface area (Å²) in [5.74, 6) is -2.65. The molecule has 1 aliphatic heterocycles. The number of rotatable bonds is 5. The highest BCUT2D eigenvalue weighted by Gasteiger charge is 2.36. The molecule has 1 saturated heterocycles. The zero-order valence-electron chi connectivity index (χ0n) is 10.4. The molecule has 0 aromatic rings. The van der Waals surface area contributed by atoms with Gasteiger partial charge < -0.3 is 10.6 Å². The molecule has 0 aromatic carbocycles. The highest BCUT2D eigenvalue weighted by molar-refractivity contribution is 5.78. The normalized spacial score (nSPS) is 21.3. The van der Waals surface area contributed by atoms with Gasteiger partial charge in [0.1, 0.15) is 0 Å². The van der Waals surface area contributed by atoms with Gasteiger partial charge in [0.05, 0.1) is 0 Å². The number of piperidine rings is 1. The number of nitrogens with zero attached hydrogens (tertiary/aromatic N) is 1. The maximum absolute atomic E-state index is 12.9. The molecule has 100 valence electrons. The topological polar surface area (TPSA) is 46.3 Å². The number of hydrogen-bond acceptors (Lipinski definition) is 2. The molecule has 1 rings (SSSR count). The maximum Gasteiger partial charge on any atom is 0.251 e. The van der Waals surface area contributed by atoms with E-state index in [1.165, 1.54) is 0 Å². The summed E-state index contributed by atoms with van der Waals surface area (Å²) in [4.78, 5) is 13.5. The molecule has 3 nitrogen and oxygen atoms in total. The Hall–Kier alpha value is -0.710. The summed E-state index contributed by atoms with van der Waals surface area (Å²) in [7, 11) is 0. The fourth-order valence-electron chi connectivity index (χ4n) is 2.08. The van der Waals surface area contributed by atoms with Gasteiger partial charge in [-0.25, -0.2) is 8.78 Å². The van der Waals surface area contributed by atoms with Crippen LogP contribution in [0.3, 0.4) is 0 Å². The molecule has 17 heavy (non-hydrogen) atoms. The van der Waals surface area contributed by atoms with Gasteiger partial charge in [-0.2, -0.15) is 0 Å². The van der Waals surface area contributed by atoms with Crippen LogP contribution in [0.1, 0.15) is 39.0 Å². The molecule has 0 unspecified atom stereocenters. The van der Waals surface area contributed by atoms with Crippen molar-refractivity contribution >= 4 is 5.91 Å². The van der Waals surface area contributed by atoms with Gasteiger partial charge in [-0.1, -0.05) is 13.3 Å². The summed E-state index contributed by atoms with van der Waals surface area (Å²) < 4.78 is 25.9. The van der Waals surface area contributed by atoms with Crippen LogP contribution in [0, 0.1) is 5.92 Å². The third-order valence-electron chi connectivity index (χ3n) is 3.32. The van der Waals surface area contributed by atoms with Gasteiger partial charge in [0.15, 0.2) is 0 Å². The zero-order chi connectivity index (χ0) is 12.9. The molecule has 0 aliphatic carbocycles. The number of likely N-dealkylation sites (tertiary alicyclic amines) is 1. The first-order valence-corrected chi connectivity index (χ1v) is 6.33. The lowest BCUT2D eigenvalue weighted by Gasteiger charge is -2.33. The van der Waals surface area contributed by atoms with Crippen molar-refractivity contribution in [2.24, 2.45) is 11.7 Å². The number of halogens is 2. The Morgan fingerprint density at radius 2 is 1.94 bits per heavy atom. The van der Waals surface area contributed by atoms with E-state index in [1.807, 2.05) is 6.92 Å². The average molecular weight is 248 g/mol. The lowest BCUT2D eigenvalue weighted by Crippen LogP contribution is -2.44. The number of carbonyl (C=O) groups excluding carboxylic acids is 1. The predicted molar refractivity (Wildman–Crippen MR) is 62.8 cm³/mol. The lowest BCUT2D eigenvalue weighted by molar-refractivity contribution is -0.141. The van der Waals surface area contributed by atoms with Crippen molar-refractivity contribution in [3.63, 3.8) is 0 Å². The minimum Gasteiger partial charge on any atom is -0.342 e. The number of hydrogen-bond donors (Lipinski definition) is 1. The molecule has 0 spiro atoms. The third-order valence-corrected chi connectivity index (χ3v) is 3.32. The Balaban J connectivity index is 2.32. The number of carbonyl (C=O) groups is 1. The molecule has 0 saturated carbocycles. The summed E-state index contributed by atoms with van der Waals surface area (Å²) in [5, 5.41) is 0. The molecule has 5 heteroatoms. The molecule has 1 aliphatic rings. The fraction of sp³-hybridized carbons (Fsp3) is 0.917. The molecular formula is C12H22F2N2O. The quantitative estimate of drug-likeness (QED) is 0.756. The summed E-state index contributed by atoms with van der Waals surface area (Å²) in [5.41, 5.74) is 5.38. The second kappa shape index (κ2) is 6.28. The minimum absolute atomic E-state index is 0.0116. The van der Waals surface area contributed by atoms with Crippen molar-refractivity contribution in [3.05, 3.63) is 0 Å². The van der Waals surface area contributed by atoms with Gasteiger partial charge in [0, 0.05) is 31.8 Å². The summed E-state index contributed by atoms with van der Waals surface area (Å²) in [6.45, 7) is 2.88. The highest BCUT2D eigenvalue weighted by Crippen LogP contribution is 2.28. The van der Waals surface area contributed by atoms with E-state index in [4.69, 9.17) is 5.73 Å². The SMILES string of the molecule is C[C@@H](CCCCN)C(=O)N1CCC(F)(F)CC1. The zero-order valence-corrected chi connectivity index (χ0v) is 10.4. The van der Waals surface area contributed by atoms with E-state index in [2.05, 4.69) is 0 Å². The van der Waals surface area contributed by atoms with Crippen molar-refractivity contribution in [2.75, 3.05) is 19.6 Å². The number of amides is 1. The van der Waals surface area contributed by atoms with E-state index in [-0.39, 0.29) is 37.8 Å². The van der Waals surface area contributed by atoms with Gasteiger partial charge >= 0.3 is 0 Å². The standard InChI is InChI=1S/C12H22F2N2O/c1-10(4-2-3-7-15)11(17)16-8-5-12(13,14)6-9-16/h10H,2-9,15H2,1H3/t10-/m0/s1. The first-order chi connectivity index (χ1) is 7.96. The fourth-order valence-corrected chi connectivity index (χ4v) is 2.08. The Kier molecular flexibility index (Phi) is 5.31. The number of nitrogens with two attached hydrogens (primary N) is 1. The van der Waals surface area contributed by atoms with Gasteiger partial charge in [0.2, 0.25) is 5.91 Å². The van der Waals surface area contributed by atoms with Gasteiger partial charge in [-0.15, -0.1) is 0 Å². The molecule has 2 N–H and O–H groups in total. The smallest absolute Gasteiger partial charge is 0.251 e. The van der Waals surface area contributed by atoms with Crippen LogP contribution < -0.4 is 5.73 Å². The molecule has 0 radical (unpaired) electrons. The van der Waals surface area contributed by atoms with Crippen molar-refractivity contribution in [2.45, 2.75) is 45.0 Å². The Labute approximate surface area is 101 Å². The Morgan fingerprint density at radius 3 is 2.47 bits per heavy atom. The monoisotopic (exact) mass is 248 g/mol. The Morgan fingerprint density at radius 1 is 1.35 bits per heavy atom. The van der Waals surface area contributed by atoms with E-state index >= 15 is 0 Å². The second-order valence-electron chi connectivity index (χ2n) is 4.87. The molecule has 0 aromatic heterocycles. The molecule has 1 atom stereocenters. The van der Waals surface area contributed by atoms with Crippen molar-refractivity contribution in [3.8, 4) is 0 Å². The molecule has 1 fully saturated rings. The van der Waals surface area contributed by atoms with Crippen LogP contribution in [0.15, 0.2) is 0 Å². The van der Waals surface area contributed by atoms with Crippen LogP contribution in [-0.2, 0) is 4.79 Å². The van der Waals surface area contributed by atoms with Crippen LogP contribution >= 0.6 is 0 Å². The summed E-state index contributed by atoms with van der Waals surface area (Å²) in [6, 6.07) is 0. The van der Waals surface area contributed by atoms with Crippen molar-refractivity contribution < 1.29 is 13.6 Å². The van der Waals surface area contributed by atoms with E-state index in [0.29, 0.717) is 6.54 Å². The molecule has 1 heterocycles. The van der Waals surface area contributed by atoms with Crippen LogP contribution in [-0.4, -0.2) is 36.4 Å². The van der Waals surface area contributed by atoms with Crippen molar-refractivity contribution in [1.29, 1.82) is 0 Å². The van der Waals surface area contributed by atoms with E-state index in [9.17, 15) is 13.6 Å². The first-order valence-electron chi connectivity index (χ1n) is 6.33. The van der Waals surface area contributed by atoms with E-state index in [0.717, 1.165) is 19.3 Å². The predicted octanol–water partition coefficient (Wildman–Crippen LogP) is 2.01. The van der Waals surface area contributed by atoms with Crippen LogP contribution in [0.25, 0.3) is 0 Å².